The Hall–Kier alpha value is -1.06. The first-order valence-corrected chi connectivity index (χ1v) is 7.95. The van der Waals surface area contributed by atoms with Crippen LogP contribution in [-0.2, 0) is 11.2 Å². The number of ether oxygens (including phenoxy) is 1. The Morgan fingerprint density at radius 1 is 1.20 bits per heavy atom. The van der Waals surface area contributed by atoms with Crippen molar-refractivity contribution in [1.29, 1.82) is 0 Å². The zero-order valence-electron chi connectivity index (χ0n) is 12.1. The van der Waals surface area contributed by atoms with Gasteiger partial charge in [0.15, 0.2) is 0 Å². The summed E-state index contributed by atoms with van der Waals surface area (Å²) in [5, 5.41) is 10.2. The summed E-state index contributed by atoms with van der Waals surface area (Å²) >= 11 is 0. The molecular formula is C17H25NO2. The predicted molar refractivity (Wildman–Crippen MR) is 81.2 cm³/mol. The van der Waals surface area contributed by atoms with Gasteiger partial charge in [0.2, 0.25) is 0 Å². The van der Waals surface area contributed by atoms with Gasteiger partial charge in [-0.25, -0.2) is 0 Å². The quantitative estimate of drug-likeness (QED) is 0.897. The maximum absolute atomic E-state index is 10.2. The second-order valence-electron chi connectivity index (χ2n) is 6.07. The van der Waals surface area contributed by atoms with Crippen LogP contribution >= 0.6 is 0 Å². The average molecular weight is 275 g/mol. The Morgan fingerprint density at radius 3 is 2.85 bits per heavy atom. The normalized spacial score (nSPS) is 20.9. The summed E-state index contributed by atoms with van der Waals surface area (Å²) in [6, 6.07) is 8.49. The lowest BCUT2D eigenvalue weighted by Gasteiger charge is -2.26. The molecule has 1 N–H and O–H groups in total. The SMILES string of the molecule is OC(COC1CCCCC1)CN1CCc2ccccc21. The molecule has 1 aliphatic carbocycles. The molecule has 0 aromatic heterocycles. The maximum Gasteiger partial charge on any atom is 0.0948 e. The van der Waals surface area contributed by atoms with Crippen LogP contribution in [0.3, 0.4) is 0 Å². The molecule has 3 nitrogen and oxygen atoms in total. The molecule has 0 saturated heterocycles. The third-order valence-electron chi connectivity index (χ3n) is 4.49. The lowest BCUT2D eigenvalue weighted by Crippen LogP contribution is -2.35. The van der Waals surface area contributed by atoms with Crippen molar-refractivity contribution in [2.45, 2.75) is 50.7 Å². The van der Waals surface area contributed by atoms with E-state index in [9.17, 15) is 5.11 Å². The van der Waals surface area contributed by atoms with E-state index < -0.39 is 0 Å². The van der Waals surface area contributed by atoms with Crippen molar-refractivity contribution in [3.8, 4) is 0 Å². The number of fused-ring (bicyclic) bond motifs is 1. The van der Waals surface area contributed by atoms with E-state index in [0.717, 1.165) is 13.0 Å². The molecule has 20 heavy (non-hydrogen) atoms. The van der Waals surface area contributed by atoms with Gasteiger partial charge in [-0.15, -0.1) is 0 Å². The Bertz CT molecular complexity index is 429. The average Bonchev–Trinajstić information content (AvgIpc) is 2.90. The highest BCUT2D eigenvalue weighted by molar-refractivity contribution is 5.57. The van der Waals surface area contributed by atoms with Gasteiger partial charge < -0.3 is 14.7 Å². The summed E-state index contributed by atoms with van der Waals surface area (Å²) in [7, 11) is 0. The zero-order chi connectivity index (χ0) is 13.8. The minimum Gasteiger partial charge on any atom is -0.389 e. The van der Waals surface area contributed by atoms with Gasteiger partial charge in [0.25, 0.3) is 0 Å². The van der Waals surface area contributed by atoms with Crippen molar-refractivity contribution in [3.63, 3.8) is 0 Å². The standard InChI is InChI=1S/C17H25NO2/c19-15(13-20-16-7-2-1-3-8-16)12-18-11-10-14-6-4-5-9-17(14)18/h4-6,9,15-16,19H,1-3,7-8,10-13H2. The molecule has 1 unspecified atom stereocenters. The van der Waals surface area contributed by atoms with E-state index in [4.69, 9.17) is 4.74 Å². The molecule has 3 rings (SSSR count). The Kier molecular flexibility index (Phi) is 4.58. The van der Waals surface area contributed by atoms with E-state index in [-0.39, 0.29) is 6.10 Å². The van der Waals surface area contributed by atoms with E-state index in [1.165, 1.54) is 43.4 Å². The molecule has 1 fully saturated rings. The largest absolute Gasteiger partial charge is 0.389 e. The van der Waals surface area contributed by atoms with Gasteiger partial charge >= 0.3 is 0 Å². The van der Waals surface area contributed by atoms with Crippen molar-refractivity contribution < 1.29 is 9.84 Å². The molecule has 2 aliphatic rings. The minimum atomic E-state index is -0.386. The topological polar surface area (TPSA) is 32.7 Å². The number of para-hydroxylation sites is 1. The van der Waals surface area contributed by atoms with Gasteiger partial charge in [-0.1, -0.05) is 37.5 Å². The van der Waals surface area contributed by atoms with Crippen LogP contribution in [0.1, 0.15) is 37.7 Å². The van der Waals surface area contributed by atoms with Gasteiger partial charge in [-0.05, 0) is 30.9 Å². The molecule has 1 aromatic carbocycles. The third-order valence-corrected chi connectivity index (χ3v) is 4.49. The molecule has 1 aliphatic heterocycles. The Balaban J connectivity index is 1.46. The summed E-state index contributed by atoms with van der Waals surface area (Å²) in [6.45, 7) is 2.17. The van der Waals surface area contributed by atoms with Crippen LogP contribution < -0.4 is 4.90 Å². The molecule has 1 saturated carbocycles. The van der Waals surface area contributed by atoms with Crippen molar-refractivity contribution in [1.82, 2.24) is 0 Å². The molecule has 1 atom stereocenters. The fraction of sp³-hybridized carbons (Fsp3) is 0.647. The highest BCUT2D eigenvalue weighted by Gasteiger charge is 2.22. The summed E-state index contributed by atoms with van der Waals surface area (Å²) < 4.78 is 5.87. The summed E-state index contributed by atoms with van der Waals surface area (Å²) in [6.07, 6.45) is 7.31. The number of nitrogens with zero attached hydrogens (tertiary/aromatic N) is 1. The molecule has 1 heterocycles. The van der Waals surface area contributed by atoms with E-state index in [2.05, 4.69) is 29.2 Å². The fourth-order valence-electron chi connectivity index (χ4n) is 3.38. The van der Waals surface area contributed by atoms with Crippen LogP contribution in [0.2, 0.25) is 0 Å². The number of hydrogen-bond donors (Lipinski definition) is 1. The van der Waals surface area contributed by atoms with Crippen LogP contribution in [0.4, 0.5) is 5.69 Å². The first kappa shape index (κ1) is 13.9. The number of aliphatic hydroxyl groups excluding tert-OH is 1. The van der Waals surface area contributed by atoms with E-state index >= 15 is 0 Å². The maximum atomic E-state index is 10.2. The number of hydrogen-bond acceptors (Lipinski definition) is 3. The first-order chi connectivity index (χ1) is 9.83. The number of anilines is 1. The summed E-state index contributed by atoms with van der Waals surface area (Å²) in [5.74, 6) is 0. The number of rotatable bonds is 5. The zero-order valence-corrected chi connectivity index (χ0v) is 12.1. The van der Waals surface area contributed by atoms with Crippen LogP contribution in [0.5, 0.6) is 0 Å². The molecule has 0 radical (unpaired) electrons. The van der Waals surface area contributed by atoms with Crippen LogP contribution in [-0.4, -0.2) is 37.0 Å². The Morgan fingerprint density at radius 2 is 2.00 bits per heavy atom. The van der Waals surface area contributed by atoms with Crippen molar-refractivity contribution in [2.75, 3.05) is 24.6 Å². The molecular weight excluding hydrogens is 250 g/mol. The number of aliphatic hydroxyl groups is 1. The van der Waals surface area contributed by atoms with Gasteiger partial charge in [-0.2, -0.15) is 0 Å². The molecule has 3 heteroatoms. The van der Waals surface area contributed by atoms with E-state index in [0.29, 0.717) is 19.3 Å². The summed E-state index contributed by atoms with van der Waals surface area (Å²) in [5.41, 5.74) is 2.68. The minimum absolute atomic E-state index is 0.379. The number of β-amino-alcohol motifs (C(OH)–C–C–N with tert-alkyl or cyclic N) is 1. The van der Waals surface area contributed by atoms with Gasteiger partial charge in [0.1, 0.15) is 0 Å². The van der Waals surface area contributed by atoms with Gasteiger partial charge in [0.05, 0.1) is 18.8 Å². The second kappa shape index (κ2) is 6.59. The molecule has 0 bridgehead atoms. The molecule has 1 aromatic rings. The third kappa shape index (κ3) is 3.33. The monoisotopic (exact) mass is 275 g/mol. The fourth-order valence-corrected chi connectivity index (χ4v) is 3.38. The molecule has 0 amide bonds. The van der Waals surface area contributed by atoms with Gasteiger partial charge in [-0.3, -0.25) is 0 Å². The van der Waals surface area contributed by atoms with Crippen molar-refractivity contribution in [3.05, 3.63) is 29.8 Å². The van der Waals surface area contributed by atoms with Crippen molar-refractivity contribution >= 4 is 5.69 Å². The molecule has 110 valence electrons. The number of benzene rings is 1. The first-order valence-electron chi connectivity index (χ1n) is 7.95. The highest BCUT2D eigenvalue weighted by atomic mass is 16.5. The van der Waals surface area contributed by atoms with Crippen LogP contribution in [0.15, 0.2) is 24.3 Å². The lowest BCUT2D eigenvalue weighted by molar-refractivity contribution is -0.0210. The molecule has 0 spiro atoms. The summed E-state index contributed by atoms with van der Waals surface area (Å²) in [4.78, 5) is 2.28. The van der Waals surface area contributed by atoms with Crippen molar-refractivity contribution in [2.24, 2.45) is 0 Å². The smallest absolute Gasteiger partial charge is 0.0948 e. The van der Waals surface area contributed by atoms with E-state index in [1.807, 2.05) is 0 Å². The van der Waals surface area contributed by atoms with Crippen LogP contribution in [0, 0.1) is 0 Å². The Labute approximate surface area is 121 Å². The second-order valence-corrected chi connectivity index (χ2v) is 6.07. The van der Waals surface area contributed by atoms with E-state index in [1.54, 1.807) is 0 Å². The highest BCUT2D eigenvalue weighted by Crippen LogP contribution is 2.27. The lowest BCUT2D eigenvalue weighted by atomic mass is 9.98. The predicted octanol–water partition coefficient (Wildman–Crippen LogP) is 2.76. The van der Waals surface area contributed by atoms with Gasteiger partial charge in [0, 0.05) is 18.8 Å². The van der Waals surface area contributed by atoms with Crippen LogP contribution in [0.25, 0.3) is 0 Å².